The van der Waals surface area contributed by atoms with Crippen molar-refractivity contribution in [1.82, 2.24) is 5.32 Å². The number of nitrogens with one attached hydrogen (secondary N) is 3. The minimum absolute atomic E-state index is 0.0264. The number of anilines is 2. The van der Waals surface area contributed by atoms with Gasteiger partial charge in [0.1, 0.15) is 0 Å². The number of methoxy groups -OCH3 is 1. The van der Waals surface area contributed by atoms with Gasteiger partial charge in [0.2, 0.25) is 5.91 Å². The molecule has 2 aromatic rings. The first-order valence-corrected chi connectivity index (χ1v) is 8.56. The second kappa shape index (κ2) is 7.49. The lowest BCUT2D eigenvalue weighted by Crippen LogP contribution is -2.31. The molecule has 0 bridgehead atoms. The Bertz CT molecular complexity index is 923. The molecule has 3 amide bonds. The van der Waals surface area contributed by atoms with Gasteiger partial charge in [-0.25, -0.2) is 9.59 Å². The van der Waals surface area contributed by atoms with Crippen LogP contribution in [0, 0.1) is 6.92 Å². The van der Waals surface area contributed by atoms with Gasteiger partial charge in [-0.15, -0.1) is 0 Å². The van der Waals surface area contributed by atoms with Crippen molar-refractivity contribution >= 4 is 29.3 Å². The summed E-state index contributed by atoms with van der Waals surface area (Å²) in [5.41, 5.74) is 4.37. The zero-order valence-corrected chi connectivity index (χ0v) is 15.4. The Balaban J connectivity index is 1.68. The molecule has 1 unspecified atom stereocenters. The third-order valence-corrected chi connectivity index (χ3v) is 4.51. The van der Waals surface area contributed by atoms with Crippen molar-refractivity contribution in [3.8, 4) is 0 Å². The molecule has 0 saturated carbocycles. The van der Waals surface area contributed by atoms with E-state index in [1.54, 1.807) is 18.2 Å². The zero-order valence-electron chi connectivity index (χ0n) is 15.4. The highest BCUT2D eigenvalue weighted by atomic mass is 16.5. The summed E-state index contributed by atoms with van der Waals surface area (Å²) >= 11 is 0. The Morgan fingerprint density at radius 2 is 1.96 bits per heavy atom. The van der Waals surface area contributed by atoms with Gasteiger partial charge in [0.05, 0.1) is 25.1 Å². The molecular weight excluding hydrogens is 346 g/mol. The molecule has 0 radical (unpaired) electrons. The summed E-state index contributed by atoms with van der Waals surface area (Å²) in [6.45, 7) is 3.70. The van der Waals surface area contributed by atoms with Crippen molar-refractivity contribution in [3.63, 3.8) is 0 Å². The minimum Gasteiger partial charge on any atom is -0.465 e. The van der Waals surface area contributed by atoms with Gasteiger partial charge in [0.15, 0.2) is 0 Å². The molecule has 1 aliphatic rings. The summed E-state index contributed by atoms with van der Waals surface area (Å²) in [5, 5.41) is 8.42. The summed E-state index contributed by atoms with van der Waals surface area (Å²) < 4.78 is 4.71. The fourth-order valence-corrected chi connectivity index (χ4v) is 2.96. The molecule has 27 heavy (non-hydrogen) atoms. The number of amides is 3. The van der Waals surface area contributed by atoms with Crippen LogP contribution < -0.4 is 16.0 Å². The predicted molar refractivity (Wildman–Crippen MR) is 102 cm³/mol. The van der Waals surface area contributed by atoms with E-state index in [0.29, 0.717) is 17.7 Å². The van der Waals surface area contributed by atoms with Crippen molar-refractivity contribution in [2.45, 2.75) is 26.3 Å². The first-order valence-electron chi connectivity index (χ1n) is 8.56. The van der Waals surface area contributed by atoms with E-state index in [1.165, 1.54) is 7.11 Å². The number of rotatable bonds is 4. The summed E-state index contributed by atoms with van der Waals surface area (Å²) in [4.78, 5) is 35.5. The Hall–Kier alpha value is -3.35. The number of hydrogen-bond donors (Lipinski definition) is 3. The van der Waals surface area contributed by atoms with E-state index in [0.717, 1.165) is 22.4 Å². The standard InChI is InChI=1S/C20H21N3O4/c1-11-4-5-14(19(25)27-3)9-17(11)23-20(26)21-12(2)13-6-7-16-15(8-13)10-18(24)22-16/h4-9,12H,10H2,1-3H3,(H,22,24)(H2,21,23,26). The number of fused-ring (bicyclic) bond motifs is 1. The highest BCUT2D eigenvalue weighted by Gasteiger charge is 2.19. The third kappa shape index (κ3) is 4.08. The smallest absolute Gasteiger partial charge is 0.337 e. The number of urea groups is 1. The van der Waals surface area contributed by atoms with Crippen LogP contribution in [0.15, 0.2) is 36.4 Å². The van der Waals surface area contributed by atoms with Crippen LogP contribution in [0.25, 0.3) is 0 Å². The molecule has 2 aromatic carbocycles. The van der Waals surface area contributed by atoms with Crippen LogP contribution in [0.2, 0.25) is 0 Å². The van der Waals surface area contributed by atoms with Gasteiger partial charge in [0, 0.05) is 11.4 Å². The zero-order chi connectivity index (χ0) is 19.6. The second-order valence-corrected chi connectivity index (χ2v) is 6.48. The highest BCUT2D eigenvalue weighted by molar-refractivity contribution is 5.99. The molecule has 7 heteroatoms. The van der Waals surface area contributed by atoms with E-state index >= 15 is 0 Å². The van der Waals surface area contributed by atoms with Gasteiger partial charge in [-0.05, 0) is 48.7 Å². The van der Waals surface area contributed by atoms with E-state index in [-0.39, 0.29) is 18.0 Å². The van der Waals surface area contributed by atoms with Crippen LogP contribution >= 0.6 is 0 Å². The molecule has 1 aliphatic heterocycles. The molecule has 0 fully saturated rings. The Morgan fingerprint density at radius 3 is 2.70 bits per heavy atom. The number of ether oxygens (including phenoxy) is 1. The van der Waals surface area contributed by atoms with E-state index in [9.17, 15) is 14.4 Å². The van der Waals surface area contributed by atoms with E-state index < -0.39 is 5.97 Å². The fourth-order valence-electron chi connectivity index (χ4n) is 2.96. The van der Waals surface area contributed by atoms with Gasteiger partial charge in [-0.1, -0.05) is 18.2 Å². The molecule has 140 valence electrons. The van der Waals surface area contributed by atoms with Crippen molar-refractivity contribution in [2.24, 2.45) is 0 Å². The van der Waals surface area contributed by atoms with Gasteiger partial charge in [0.25, 0.3) is 0 Å². The number of carbonyl (C=O) groups is 3. The number of benzene rings is 2. The maximum atomic E-state index is 12.4. The van der Waals surface area contributed by atoms with Crippen LogP contribution in [0.4, 0.5) is 16.2 Å². The van der Waals surface area contributed by atoms with Gasteiger partial charge >= 0.3 is 12.0 Å². The van der Waals surface area contributed by atoms with Gasteiger partial charge in [-0.2, -0.15) is 0 Å². The van der Waals surface area contributed by atoms with E-state index in [2.05, 4.69) is 16.0 Å². The van der Waals surface area contributed by atoms with E-state index in [1.807, 2.05) is 32.0 Å². The lowest BCUT2D eigenvalue weighted by molar-refractivity contribution is -0.115. The molecular formula is C20H21N3O4. The number of esters is 1. The maximum Gasteiger partial charge on any atom is 0.337 e. The largest absolute Gasteiger partial charge is 0.465 e. The third-order valence-electron chi connectivity index (χ3n) is 4.51. The second-order valence-electron chi connectivity index (χ2n) is 6.48. The predicted octanol–water partition coefficient (Wildman–Crippen LogP) is 3.16. The lowest BCUT2D eigenvalue weighted by atomic mass is 10.0. The van der Waals surface area contributed by atoms with Crippen molar-refractivity contribution in [2.75, 3.05) is 17.7 Å². The normalized spacial score (nSPS) is 13.4. The maximum absolute atomic E-state index is 12.4. The van der Waals surface area contributed by atoms with E-state index in [4.69, 9.17) is 4.74 Å². The molecule has 3 rings (SSSR count). The molecule has 1 heterocycles. The van der Waals surface area contributed by atoms with Gasteiger partial charge in [-0.3, -0.25) is 4.79 Å². The van der Waals surface area contributed by atoms with Crippen molar-refractivity contribution in [1.29, 1.82) is 0 Å². The molecule has 0 spiro atoms. The number of hydrogen-bond acceptors (Lipinski definition) is 4. The van der Waals surface area contributed by atoms with Crippen molar-refractivity contribution < 1.29 is 19.1 Å². The minimum atomic E-state index is -0.465. The number of carbonyl (C=O) groups excluding carboxylic acids is 3. The molecule has 0 saturated heterocycles. The Labute approximate surface area is 157 Å². The topological polar surface area (TPSA) is 96.5 Å². The first-order chi connectivity index (χ1) is 12.9. The van der Waals surface area contributed by atoms with Crippen LogP contribution in [-0.4, -0.2) is 25.0 Å². The SMILES string of the molecule is COC(=O)c1ccc(C)c(NC(=O)NC(C)c2ccc3c(c2)CC(=O)N3)c1. The summed E-state index contributed by atoms with van der Waals surface area (Å²) in [7, 11) is 1.31. The van der Waals surface area contributed by atoms with Gasteiger partial charge < -0.3 is 20.7 Å². The lowest BCUT2D eigenvalue weighted by Gasteiger charge is -2.17. The first kappa shape index (κ1) is 18.4. The average molecular weight is 367 g/mol. The Kier molecular flexibility index (Phi) is 5.12. The van der Waals surface area contributed by atoms with Crippen LogP contribution in [-0.2, 0) is 16.0 Å². The van der Waals surface area contributed by atoms with Crippen LogP contribution in [0.1, 0.15) is 40.0 Å². The molecule has 3 N–H and O–H groups in total. The monoisotopic (exact) mass is 367 g/mol. The molecule has 0 aromatic heterocycles. The quantitative estimate of drug-likeness (QED) is 0.723. The molecule has 1 atom stereocenters. The summed E-state index contributed by atoms with van der Waals surface area (Å²) in [6, 6.07) is 9.97. The summed E-state index contributed by atoms with van der Waals surface area (Å²) in [6.07, 6.45) is 0.349. The van der Waals surface area contributed by atoms with Crippen LogP contribution in [0.3, 0.4) is 0 Å². The Morgan fingerprint density at radius 1 is 1.19 bits per heavy atom. The van der Waals surface area contributed by atoms with Crippen LogP contribution in [0.5, 0.6) is 0 Å². The van der Waals surface area contributed by atoms with Crippen molar-refractivity contribution in [3.05, 3.63) is 58.7 Å². The fraction of sp³-hybridized carbons (Fsp3) is 0.250. The molecule has 0 aliphatic carbocycles. The number of aryl methyl sites for hydroxylation is 1. The molecule has 7 nitrogen and oxygen atoms in total. The average Bonchev–Trinajstić information content (AvgIpc) is 3.01. The summed E-state index contributed by atoms with van der Waals surface area (Å²) in [5.74, 6) is -0.491. The highest BCUT2D eigenvalue weighted by Crippen LogP contribution is 2.26.